The van der Waals surface area contributed by atoms with Gasteiger partial charge in [-0.1, -0.05) is 23.8 Å². The molecule has 0 saturated carbocycles. The first-order valence-electron chi connectivity index (χ1n) is 2.51. The maximum absolute atomic E-state index is 8.84. The van der Waals surface area contributed by atoms with Crippen molar-refractivity contribution >= 4 is 11.6 Å². The van der Waals surface area contributed by atoms with Gasteiger partial charge in [0.05, 0.1) is 6.10 Å². The summed E-state index contributed by atoms with van der Waals surface area (Å²) in [5, 5.41) is 9.55. The molecule has 0 aromatic rings. The van der Waals surface area contributed by atoms with Crippen LogP contribution in [-0.2, 0) is 0 Å². The zero-order valence-corrected chi connectivity index (χ0v) is 5.10. The van der Waals surface area contributed by atoms with E-state index in [4.69, 9.17) is 16.7 Å². The molecule has 0 saturated heterocycles. The van der Waals surface area contributed by atoms with Crippen molar-refractivity contribution in [3.8, 4) is 0 Å². The second-order valence-corrected chi connectivity index (χ2v) is 2.19. The van der Waals surface area contributed by atoms with E-state index in [1.165, 1.54) is 0 Å². The van der Waals surface area contributed by atoms with E-state index in [1.807, 2.05) is 0 Å². The third kappa shape index (κ3) is 1.35. The fourth-order valence-corrected chi connectivity index (χ4v) is 0.745. The van der Waals surface area contributed by atoms with Crippen LogP contribution in [0.1, 0.15) is 6.42 Å². The van der Waals surface area contributed by atoms with E-state index in [-0.39, 0.29) is 6.10 Å². The molecule has 1 rings (SSSR count). The Morgan fingerprint density at radius 3 is 2.88 bits per heavy atom. The van der Waals surface area contributed by atoms with Crippen LogP contribution in [0.25, 0.3) is 0 Å². The average molecular weight is 131 g/mol. The minimum Gasteiger partial charge on any atom is -0.389 e. The second kappa shape index (κ2) is 2.33. The molecule has 0 aromatic heterocycles. The van der Waals surface area contributed by atoms with Crippen molar-refractivity contribution in [3.63, 3.8) is 0 Å². The zero-order chi connectivity index (χ0) is 5.98. The summed E-state index contributed by atoms with van der Waals surface area (Å²) < 4.78 is 0. The van der Waals surface area contributed by atoms with Gasteiger partial charge in [-0.2, -0.15) is 0 Å². The van der Waals surface area contributed by atoms with Crippen molar-refractivity contribution in [2.24, 2.45) is 0 Å². The van der Waals surface area contributed by atoms with Gasteiger partial charge in [-0.25, -0.2) is 0 Å². The highest BCUT2D eigenvalue weighted by atomic mass is 35.5. The molecule has 1 atom stereocenters. The molecule has 1 N–H and O–H groups in total. The van der Waals surface area contributed by atoms with Gasteiger partial charge < -0.3 is 5.11 Å². The first-order chi connectivity index (χ1) is 3.79. The molecule has 44 valence electrons. The monoisotopic (exact) mass is 130 g/mol. The minimum atomic E-state index is -0.322. The highest BCUT2D eigenvalue weighted by Crippen LogP contribution is 2.12. The Hall–Kier alpha value is -0.270. The smallest absolute Gasteiger partial charge is 0.0759 e. The summed E-state index contributed by atoms with van der Waals surface area (Å²) in [6.07, 6.45) is 5.51. The number of rotatable bonds is 0. The van der Waals surface area contributed by atoms with Crippen LogP contribution in [0.3, 0.4) is 0 Å². The van der Waals surface area contributed by atoms with Gasteiger partial charge in [0, 0.05) is 5.03 Å². The normalized spacial score (nSPS) is 27.8. The van der Waals surface area contributed by atoms with Crippen molar-refractivity contribution in [1.82, 2.24) is 0 Å². The number of aliphatic hydroxyl groups is 1. The van der Waals surface area contributed by atoms with E-state index < -0.39 is 0 Å². The molecule has 1 unspecified atom stereocenters. The third-order valence-electron chi connectivity index (χ3n) is 1.03. The predicted molar refractivity (Wildman–Crippen MR) is 33.7 cm³/mol. The van der Waals surface area contributed by atoms with Crippen molar-refractivity contribution in [3.05, 3.63) is 23.3 Å². The van der Waals surface area contributed by atoms with Gasteiger partial charge in [-0.15, -0.1) is 0 Å². The first-order valence-corrected chi connectivity index (χ1v) is 2.89. The van der Waals surface area contributed by atoms with Gasteiger partial charge >= 0.3 is 0 Å². The SMILES string of the molecule is OC1C=CC(Cl)=CC1. The Labute approximate surface area is 53.3 Å². The lowest BCUT2D eigenvalue weighted by molar-refractivity contribution is 0.225. The first kappa shape index (κ1) is 5.86. The topological polar surface area (TPSA) is 20.2 Å². The van der Waals surface area contributed by atoms with Crippen molar-refractivity contribution in [2.75, 3.05) is 0 Å². The lowest BCUT2D eigenvalue weighted by atomic mass is 10.1. The van der Waals surface area contributed by atoms with E-state index in [0.29, 0.717) is 6.42 Å². The van der Waals surface area contributed by atoms with Gasteiger partial charge in [0.15, 0.2) is 0 Å². The van der Waals surface area contributed by atoms with Crippen molar-refractivity contribution < 1.29 is 5.11 Å². The minimum absolute atomic E-state index is 0.322. The van der Waals surface area contributed by atoms with Crippen LogP contribution in [0.4, 0.5) is 0 Å². The Morgan fingerprint density at radius 2 is 2.50 bits per heavy atom. The van der Waals surface area contributed by atoms with Gasteiger partial charge in [0.25, 0.3) is 0 Å². The van der Waals surface area contributed by atoms with Crippen LogP contribution in [0.15, 0.2) is 23.3 Å². The molecule has 0 aromatic carbocycles. The second-order valence-electron chi connectivity index (χ2n) is 1.75. The van der Waals surface area contributed by atoms with E-state index in [9.17, 15) is 0 Å². The number of allylic oxidation sites excluding steroid dienone is 2. The molecule has 1 nitrogen and oxygen atoms in total. The fourth-order valence-electron chi connectivity index (χ4n) is 0.583. The Bertz CT molecular complexity index is 137. The number of halogens is 1. The molecule has 0 amide bonds. The summed E-state index contributed by atoms with van der Waals surface area (Å²) >= 11 is 5.55. The maximum Gasteiger partial charge on any atom is 0.0759 e. The highest BCUT2D eigenvalue weighted by molar-refractivity contribution is 6.31. The van der Waals surface area contributed by atoms with Gasteiger partial charge in [-0.3, -0.25) is 0 Å². The van der Waals surface area contributed by atoms with E-state index in [1.54, 1.807) is 18.2 Å². The molecule has 0 fully saturated rings. The number of aliphatic hydroxyl groups excluding tert-OH is 1. The summed E-state index contributed by atoms with van der Waals surface area (Å²) in [6.45, 7) is 0. The molecule has 0 bridgehead atoms. The van der Waals surface area contributed by atoms with Crippen LogP contribution < -0.4 is 0 Å². The van der Waals surface area contributed by atoms with E-state index in [0.717, 1.165) is 5.03 Å². The molecular formula is C6H7ClO. The Balaban J connectivity index is 2.58. The number of hydrogen-bond acceptors (Lipinski definition) is 1. The summed E-state index contributed by atoms with van der Waals surface area (Å²) in [5.41, 5.74) is 0. The van der Waals surface area contributed by atoms with Crippen LogP contribution in [-0.4, -0.2) is 11.2 Å². The predicted octanol–water partition coefficient (Wildman–Crippen LogP) is 1.43. The Kier molecular flexibility index (Phi) is 1.71. The van der Waals surface area contributed by atoms with Gasteiger partial charge in [-0.05, 0) is 12.5 Å². The average Bonchev–Trinajstić information content (AvgIpc) is 1.77. The molecule has 1 aliphatic rings. The molecule has 8 heavy (non-hydrogen) atoms. The quantitative estimate of drug-likeness (QED) is 0.526. The lowest BCUT2D eigenvalue weighted by Gasteiger charge is -2.04. The lowest BCUT2D eigenvalue weighted by Crippen LogP contribution is -2.02. The molecule has 0 spiro atoms. The van der Waals surface area contributed by atoms with Crippen molar-refractivity contribution in [1.29, 1.82) is 0 Å². The number of hydrogen-bond donors (Lipinski definition) is 1. The summed E-state index contributed by atoms with van der Waals surface area (Å²) in [7, 11) is 0. The van der Waals surface area contributed by atoms with Crippen LogP contribution in [0, 0.1) is 0 Å². The third-order valence-corrected chi connectivity index (χ3v) is 1.31. The van der Waals surface area contributed by atoms with E-state index >= 15 is 0 Å². The standard InChI is InChI=1S/C6H7ClO/c7-5-1-3-6(8)4-2-5/h1-3,6,8H,4H2. The summed E-state index contributed by atoms with van der Waals surface area (Å²) in [6, 6.07) is 0. The maximum atomic E-state index is 8.84. The summed E-state index contributed by atoms with van der Waals surface area (Å²) in [4.78, 5) is 0. The molecular weight excluding hydrogens is 124 g/mol. The van der Waals surface area contributed by atoms with E-state index in [2.05, 4.69) is 0 Å². The highest BCUT2D eigenvalue weighted by Gasteiger charge is 2.00. The fraction of sp³-hybridized carbons (Fsp3) is 0.333. The molecule has 0 heterocycles. The van der Waals surface area contributed by atoms with Crippen LogP contribution in [0.2, 0.25) is 0 Å². The zero-order valence-electron chi connectivity index (χ0n) is 4.34. The van der Waals surface area contributed by atoms with Gasteiger partial charge in [0.1, 0.15) is 0 Å². The Morgan fingerprint density at radius 1 is 1.75 bits per heavy atom. The van der Waals surface area contributed by atoms with Crippen LogP contribution >= 0.6 is 11.6 Å². The molecule has 2 heteroatoms. The summed E-state index contributed by atoms with van der Waals surface area (Å²) in [5.74, 6) is 0. The molecule has 0 radical (unpaired) electrons. The van der Waals surface area contributed by atoms with Gasteiger partial charge in [0.2, 0.25) is 0 Å². The molecule has 1 aliphatic carbocycles. The van der Waals surface area contributed by atoms with Crippen LogP contribution in [0.5, 0.6) is 0 Å². The molecule has 0 aliphatic heterocycles. The largest absolute Gasteiger partial charge is 0.389 e. The van der Waals surface area contributed by atoms with Crippen molar-refractivity contribution in [2.45, 2.75) is 12.5 Å².